The van der Waals surface area contributed by atoms with Crippen molar-refractivity contribution in [1.29, 1.82) is 0 Å². The minimum absolute atomic E-state index is 0. The third kappa shape index (κ3) is 5.75. The molecule has 2 bridgehead atoms. The van der Waals surface area contributed by atoms with Crippen molar-refractivity contribution in [2.45, 2.75) is 0 Å². The highest BCUT2D eigenvalue weighted by Crippen LogP contribution is 2.12. The van der Waals surface area contributed by atoms with E-state index in [0.29, 0.717) is 0 Å². The van der Waals surface area contributed by atoms with Crippen LogP contribution in [0.1, 0.15) is 0 Å². The van der Waals surface area contributed by atoms with Gasteiger partial charge in [-0.25, -0.2) is 0 Å². The van der Waals surface area contributed by atoms with Crippen LogP contribution in [0.15, 0.2) is 0 Å². The standard InChI is InChI=1S/B4O7.5H2O/c5-1-7-3-9-2(6)10-4(8-1)11-3;;;;;/h;5*1H2/q-2;;;;;. The maximum atomic E-state index is 10.5. The van der Waals surface area contributed by atoms with Crippen LogP contribution in [-0.2, 0) is 22.9 Å². The highest BCUT2D eigenvalue weighted by atomic mass is 16.9. The van der Waals surface area contributed by atoms with Crippen molar-refractivity contribution in [2.24, 2.45) is 0 Å². The molecular formula is H10B4O12-2. The van der Waals surface area contributed by atoms with Crippen LogP contribution in [0.3, 0.4) is 0 Å². The van der Waals surface area contributed by atoms with Crippen molar-refractivity contribution in [1.82, 2.24) is 0 Å². The van der Waals surface area contributed by atoms with Gasteiger partial charge in [0, 0.05) is 0 Å². The largest absolute Gasteiger partial charge is 0.833 e. The Balaban J connectivity index is -0.000000144. The SMILES string of the molecule is O.O.O.O.O.[O-]B1OB2OB([O-])OB(O1)O2. The Morgan fingerprint density at radius 3 is 1.00 bits per heavy atom. The van der Waals surface area contributed by atoms with Crippen molar-refractivity contribution < 1.29 is 60.3 Å². The molecule has 16 heteroatoms. The number of hydrogen-bond acceptors (Lipinski definition) is 7. The van der Waals surface area contributed by atoms with Gasteiger partial charge in [-0.15, -0.1) is 0 Å². The lowest BCUT2D eigenvalue weighted by atomic mass is 9.90. The molecule has 12 nitrogen and oxygen atoms in total. The molecule has 16 heavy (non-hydrogen) atoms. The topological polar surface area (TPSA) is 250 Å². The second kappa shape index (κ2) is 9.97. The quantitative estimate of drug-likeness (QED) is 0.372. The van der Waals surface area contributed by atoms with Crippen molar-refractivity contribution in [3.8, 4) is 0 Å². The first-order chi connectivity index (χ1) is 5.24. The molecule has 0 unspecified atom stereocenters. The molecule has 2 aliphatic heterocycles. The molecule has 2 heterocycles. The summed E-state index contributed by atoms with van der Waals surface area (Å²) < 4.78 is 21.9. The summed E-state index contributed by atoms with van der Waals surface area (Å²) in [6, 6.07) is 0. The average Bonchev–Trinajstić information content (AvgIpc) is 1.82. The summed E-state index contributed by atoms with van der Waals surface area (Å²) in [6.45, 7) is 0. The zero-order valence-electron chi connectivity index (χ0n) is 7.67. The lowest BCUT2D eigenvalue weighted by Crippen LogP contribution is -2.65. The number of hydrogen-bond donors (Lipinski definition) is 0. The Labute approximate surface area is 90.6 Å². The minimum Gasteiger partial charge on any atom is -0.833 e. The van der Waals surface area contributed by atoms with Crippen molar-refractivity contribution >= 4 is 29.3 Å². The summed E-state index contributed by atoms with van der Waals surface area (Å²) in [6.07, 6.45) is 0. The molecule has 0 atom stereocenters. The van der Waals surface area contributed by atoms with Crippen LogP contribution in [0.5, 0.6) is 0 Å². The van der Waals surface area contributed by atoms with Crippen molar-refractivity contribution in [3.63, 3.8) is 0 Å². The third-order valence-corrected chi connectivity index (χ3v) is 1.11. The Morgan fingerprint density at radius 2 is 0.750 bits per heavy atom. The van der Waals surface area contributed by atoms with Crippen LogP contribution in [0.2, 0.25) is 0 Å². The summed E-state index contributed by atoms with van der Waals surface area (Å²) in [7, 11) is -6.00. The molecule has 0 aromatic rings. The molecule has 2 rings (SSSR count). The third-order valence-electron chi connectivity index (χ3n) is 1.11. The Hall–Kier alpha value is -0.220. The molecule has 96 valence electrons. The Kier molecular flexibility index (Phi) is 15.5. The lowest BCUT2D eigenvalue weighted by molar-refractivity contribution is -0.260. The average molecular weight is 245 g/mol. The van der Waals surface area contributed by atoms with Crippen molar-refractivity contribution in [3.05, 3.63) is 0 Å². The summed E-state index contributed by atoms with van der Waals surface area (Å²) in [4.78, 5) is 0. The molecule has 2 fully saturated rings. The van der Waals surface area contributed by atoms with E-state index in [-0.39, 0.29) is 27.4 Å². The fraction of sp³-hybridized carbons (Fsp3) is 0. The van der Waals surface area contributed by atoms with Gasteiger partial charge in [0.2, 0.25) is 0 Å². The monoisotopic (exact) mass is 246 g/mol. The van der Waals surface area contributed by atoms with Gasteiger partial charge in [0.25, 0.3) is 0 Å². The maximum absolute atomic E-state index is 10.5. The highest BCUT2D eigenvalue weighted by Gasteiger charge is 2.44. The first kappa shape index (κ1) is 24.8. The van der Waals surface area contributed by atoms with Gasteiger partial charge in [-0.2, -0.15) is 0 Å². The molecule has 2 aliphatic rings. The highest BCUT2D eigenvalue weighted by molar-refractivity contribution is 6.73. The zero-order chi connectivity index (χ0) is 7.84. The minimum atomic E-state index is -1.73. The van der Waals surface area contributed by atoms with Crippen LogP contribution in [0.4, 0.5) is 0 Å². The molecule has 0 saturated carbocycles. The summed E-state index contributed by atoms with van der Waals surface area (Å²) in [5.41, 5.74) is 0. The van der Waals surface area contributed by atoms with E-state index in [1.54, 1.807) is 0 Å². The molecule has 0 aliphatic carbocycles. The summed E-state index contributed by atoms with van der Waals surface area (Å²) in [5, 5.41) is 21.0. The van der Waals surface area contributed by atoms with E-state index in [2.05, 4.69) is 22.9 Å². The molecule has 2 saturated heterocycles. The van der Waals surface area contributed by atoms with Crippen LogP contribution in [-0.4, -0.2) is 56.7 Å². The molecule has 0 amide bonds. The van der Waals surface area contributed by atoms with E-state index in [9.17, 15) is 10.0 Å². The van der Waals surface area contributed by atoms with Gasteiger partial charge in [-0.05, 0) is 0 Å². The van der Waals surface area contributed by atoms with Gasteiger partial charge in [0.05, 0.1) is 0 Å². The smallest absolute Gasteiger partial charge is 0.597 e. The van der Waals surface area contributed by atoms with Crippen LogP contribution in [0, 0.1) is 0 Å². The molecule has 0 spiro atoms. The first-order valence-electron chi connectivity index (χ1n) is 2.83. The molecule has 0 aromatic heterocycles. The van der Waals surface area contributed by atoms with E-state index < -0.39 is 29.3 Å². The maximum Gasteiger partial charge on any atom is 0.597 e. The molecule has 0 radical (unpaired) electrons. The molecule has 0 aromatic carbocycles. The van der Waals surface area contributed by atoms with Gasteiger partial charge >= 0.3 is 29.3 Å². The summed E-state index contributed by atoms with van der Waals surface area (Å²) >= 11 is 0. The Morgan fingerprint density at radius 1 is 0.500 bits per heavy atom. The van der Waals surface area contributed by atoms with E-state index >= 15 is 0 Å². The summed E-state index contributed by atoms with van der Waals surface area (Å²) in [5.74, 6) is 0. The van der Waals surface area contributed by atoms with Gasteiger partial charge < -0.3 is 60.3 Å². The van der Waals surface area contributed by atoms with E-state index in [1.807, 2.05) is 0 Å². The van der Waals surface area contributed by atoms with Crippen molar-refractivity contribution in [2.75, 3.05) is 0 Å². The molecule has 10 N–H and O–H groups in total. The lowest BCUT2D eigenvalue weighted by Gasteiger charge is -2.40. The van der Waals surface area contributed by atoms with E-state index in [0.717, 1.165) is 0 Å². The van der Waals surface area contributed by atoms with E-state index in [1.165, 1.54) is 0 Å². The van der Waals surface area contributed by atoms with Gasteiger partial charge in [0.15, 0.2) is 0 Å². The van der Waals surface area contributed by atoms with Gasteiger partial charge in [-0.1, -0.05) is 0 Å². The van der Waals surface area contributed by atoms with Crippen LogP contribution in [0.25, 0.3) is 0 Å². The normalized spacial score (nSPS) is 16.9. The predicted molar refractivity (Wildman–Crippen MR) is 46.5 cm³/mol. The zero-order valence-corrected chi connectivity index (χ0v) is 7.67. The fourth-order valence-corrected chi connectivity index (χ4v) is 0.710. The van der Waals surface area contributed by atoms with Gasteiger partial charge in [-0.3, -0.25) is 0 Å². The second-order valence-corrected chi connectivity index (χ2v) is 1.84. The second-order valence-electron chi connectivity index (χ2n) is 1.84. The Bertz CT molecular complexity index is 118. The first-order valence-corrected chi connectivity index (χ1v) is 2.83. The molecular weight excluding hydrogens is 235 g/mol. The van der Waals surface area contributed by atoms with Crippen LogP contribution >= 0.6 is 0 Å². The van der Waals surface area contributed by atoms with E-state index in [4.69, 9.17) is 0 Å². The number of fused-ring (bicyclic) bond motifs is 2. The van der Waals surface area contributed by atoms with Crippen LogP contribution < -0.4 is 10.0 Å². The number of rotatable bonds is 0. The predicted octanol–water partition coefficient (Wildman–Crippen LogP) is -8.37. The fourth-order valence-electron chi connectivity index (χ4n) is 0.710. The van der Waals surface area contributed by atoms with Gasteiger partial charge in [0.1, 0.15) is 0 Å².